The minimum Gasteiger partial charge on any atom is -0.461 e. The van der Waals surface area contributed by atoms with Gasteiger partial charge in [0.2, 0.25) is 11.8 Å². The SMILES string of the molecule is C=CCOC(=O)C(CC(=O)C(C)C(OC)C1CCCN1C(=O)CC(OC)C(C(C)CC)N(C)C(=O)C(CC(=O)C(C)(C)NC)C(C)C)Cc1ccccc1. The molecule has 1 aliphatic rings. The van der Waals surface area contributed by atoms with Crippen molar-refractivity contribution >= 4 is 29.4 Å². The van der Waals surface area contributed by atoms with E-state index in [-0.39, 0.29) is 67.1 Å². The minimum atomic E-state index is -0.765. The molecule has 1 heterocycles. The largest absolute Gasteiger partial charge is 0.461 e. The van der Waals surface area contributed by atoms with E-state index in [9.17, 15) is 24.0 Å². The van der Waals surface area contributed by atoms with Gasteiger partial charge in [0.15, 0.2) is 5.78 Å². The Kier molecular flexibility index (Phi) is 19.2. The number of methoxy groups -OCH3 is 2. The lowest BCUT2D eigenvalue weighted by atomic mass is 9.83. The molecule has 8 atom stereocenters. The zero-order valence-corrected chi connectivity index (χ0v) is 34.9. The summed E-state index contributed by atoms with van der Waals surface area (Å²) < 4.78 is 17.4. The number of hydrogen-bond donors (Lipinski definition) is 1. The number of nitrogens with one attached hydrogen (secondary N) is 1. The van der Waals surface area contributed by atoms with Crippen molar-refractivity contribution in [2.24, 2.45) is 29.6 Å². The van der Waals surface area contributed by atoms with Crippen LogP contribution in [0, 0.1) is 29.6 Å². The van der Waals surface area contributed by atoms with Crippen LogP contribution in [0.1, 0.15) is 92.6 Å². The van der Waals surface area contributed by atoms with Crippen molar-refractivity contribution in [2.45, 2.75) is 123 Å². The Bertz CT molecular complexity index is 1380. The zero-order chi connectivity index (χ0) is 40.7. The van der Waals surface area contributed by atoms with Crippen molar-refractivity contribution in [3.8, 4) is 0 Å². The molecular formula is C43H69N3O8. The van der Waals surface area contributed by atoms with Crippen molar-refractivity contribution in [1.82, 2.24) is 15.1 Å². The highest BCUT2D eigenvalue weighted by Crippen LogP contribution is 2.32. The number of ether oxygens (including phenoxy) is 3. The Morgan fingerprint density at radius 1 is 1.02 bits per heavy atom. The molecule has 1 saturated heterocycles. The van der Waals surface area contributed by atoms with Gasteiger partial charge >= 0.3 is 5.97 Å². The molecular weight excluding hydrogens is 686 g/mol. The second-order valence-corrected chi connectivity index (χ2v) is 15.9. The van der Waals surface area contributed by atoms with Crippen molar-refractivity contribution in [2.75, 3.05) is 41.5 Å². The lowest BCUT2D eigenvalue weighted by Crippen LogP contribution is -2.54. The Labute approximate surface area is 324 Å². The van der Waals surface area contributed by atoms with E-state index < -0.39 is 47.5 Å². The van der Waals surface area contributed by atoms with Gasteiger partial charge in [-0.25, -0.2) is 0 Å². The van der Waals surface area contributed by atoms with Crippen molar-refractivity contribution in [1.29, 1.82) is 0 Å². The van der Waals surface area contributed by atoms with Gasteiger partial charge in [-0.2, -0.15) is 0 Å². The molecule has 1 fully saturated rings. The van der Waals surface area contributed by atoms with Crippen LogP contribution >= 0.6 is 0 Å². The summed E-state index contributed by atoms with van der Waals surface area (Å²) in [6.07, 6.45) is 2.93. The van der Waals surface area contributed by atoms with E-state index in [1.165, 1.54) is 6.08 Å². The van der Waals surface area contributed by atoms with Gasteiger partial charge in [-0.15, -0.1) is 0 Å². The summed E-state index contributed by atoms with van der Waals surface area (Å²) >= 11 is 0. The number of likely N-dealkylation sites (tertiary alicyclic amines) is 1. The fourth-order valence-electron chi connectivity index (χ4n) is 7.63. The van der Waals surface area contributed by atoms with Gasteiger partial charge in [0.25, 0.3) is 0 Å². The number of nitrogens with zero attached hydrogens (tertiary/aromatic N) is 2. The molecule has 11 heteroatoms. The van der Waals surface area contributed by atoms with Crippen LogP contribution in [0.25, 0.3) is 0 Å². The van der Waals surface area contributed by atoms with Crippen LogP contribution in [0.2, 0.25) is 0 Å². The molecule has 2 amide bonds. The molecule has 1 aliphatic heterocycles. The predicted molar refractivity (Wildman–Crippen MR) is 212 cm³/mol. The minimum absolute atomic E-state index is 0.00490. The molecule has 1 aromatic carbocycles. The highest BCUT2D eigenvalue weighted by atomic mass is 16.5. The summed E-state index contributed by atoms with van der Waals surface area (Å²) in [6.45, 7) is 17.6. The first-order chi connectivity index (χ1) is 25.5. The maximum atomic E-state index is 14.2. The van der Waals surface area contributed by atoms with Gasteiger partial charge in [-0.3, -0.25) is 24.0 Å². The number of Topliss-reactive ketones (excluding diaryl/α,β-unsaturated/α-hetero) is 2. The van der Waals surface area contributed by atoms with Gasteiger partial charge < -0.3 is 29.3 Å². The van der Waals surface area contributed by atoms with Gasteiger partial charge in [0, 0.05) is 52.5 Å². The monoisotopic (exact) mass is 756 g/mol. The van der Waals surface area contributed by atoms with Gasteiger partial charge in [-0.1, -0.05) is 84.0 Å². The number of carbonyl (C=O) groups excluding carboxylic acids is 5. The fourth-order valence-corrected chi connectivity index (χ4v) is 7.63. The van der Waals surface area contributed by atoms with E-state index in [2.05, 4.69) is 18.8 Å². The molecule has 0 radical (unpaired) electrons. The molecule has 0 bridgehead atoms. The first kappa shape index (κ1) is 46.7. The second-order valence-electron chi connectivity index (χ2n) is 15.9. The van der Waals surface area contributed by atoms with Crippen LogP contribution in [-0.4, -0.2) is 110 Å². The van der Waals surface area contributed by atoms with Crippen molar-refractivity contribution in [3.05, 3.63) is 48.6 Å². The lowest BCUT2D eigenvalue weighted by Gasteiger charge is -2.41. The molecule has 1 aromatic rings. The first-order valence-electron chi connectivity index (χ1n) is 19.7. The smallest absolute Gasteiger partial charge is 0.310 e. The third-order valence-corrected chi connectivity index (χ3v) is 11.7. The molecule has 11 nitrogen and oxygen atoms in total. The Morgan fingerprint density at radius 3 is 2.20 bits per heavy atom. The quantitative estimate of drug-likeness (QED) is 0.105. The summed E-state index contributed by atoms with van der Waals surface area (Å²) in [5.41, 5.74) is 0.162. The van der Waals surface area contributed by atoms with Gasteiger partial charge in [0.1, 0.15) is 12.4 Å². The van der Waals surface area contributed by atoms with Crippen LogP contribution < -0.4 is 5.32 Å². The van der Waals surface area contributed by atoms with E-state index in [1.807, 2.05) is 65.0 Å². The van der Waals surface area contributed by atoms with Crippen LogP contribution in [0.5, 0.6) is 0 Å². The number of amides is 2. The molecule has 0 aromatic heterocycles. The second kappa shape index (κ2) is 22.2. The average Bonchev–Trinajstić information content (AvgIpc) is 3.64. The Balaban J connectivity index is 2.29. The van der Waals surface area contributed by atoms with Crippen LogP contribution in [0.15, 0.2) is 43.0 Å². The van der Waals surface area contributed by atoms with Gasteiger partial charge in [-0.05, 0) is 57.6 Å². The van der Waals surface area contributed by atoms with Crippen LogP contribution in [0.4, 0.5) is 0 Å². The summed E-state index contributed by atoms with van der Waals surface area (Å²) in [4.78, 5) is 72.0. The normalized spacial score (nSPS) is 18.6. The number of rotatable bonds is 24. The van der Waals surface area contributed by atoms with Gasteiger partial charge in [0.05, 0.1) is 42.2 Å². The molecule has 304 valence electrons. The van der Waals surface area contributed by atoms with Crippen molar-refractivity contribution < 1.29 is 38.2 Å². The van der Waals surface area contributed by atoms with Crippen LogP contribution in [-0.2, 0) is 44.6 Å². The Hall–Kier alpha value is -3.41. The lowest BCUT2D eigenvalue weighted by molar-refractivity contribution is -0.150. The predicted octanol–water partition coefficient (Wildman–Crippen LogP) is 5.68. The van der Waals surface area contributed by atoms with Crippen LogP contribution in [0.3, 0.4) is 0 Å². The molecule has 8 unspecified atom stereocenters. The van der Waals surface area contributed by atoms with Crippen molar-refractivity contribution in [3.63, 3.8) is 0 Å². The molecule has 0 saturated carbocycles. The third-order valence-electron chi connectivity index (χ3n) is 11.7. The number of carbonyl (C=O) groups is 5. The highest BCUT2D eigenvalue weighted by molar-refractivity contribution is 5.92. The molecule has 0 aliphatic carbocycles. The first-order valence-corrected chi connectivity index (χ1v) is 19.7. The summed E-state index contributed by atoms with van der Waals surface area (Å²) in [6, 6.07) is 8.75. The van der Waals surface area contributed by atoms with E-state index in [1.54, 1.807) is 45.0 Å². The summed E-state index contributed by atoms with van der Waals surface area (Å²) in [5, 5.41) is 3.05. The maximum Gasteiger partial charge on any atom is 0.310 e. The number of likely N-dealkylation sites (N-methyl/N-ethyl adjacent to an activating group) is 2. The average molecular weight is 756 g/mol. The molecule has 1 N–H and O–H groups in total. The summed E-state index contributed by atoms with van der Waals surface area (Å²) in [7, 11) is 6.61. The van der Waals surface area contributed by atoms with E-state index in [0.29, 0.717) is 19.4 Å². The topological polar surface area (TPSA) is 132 Å². The number of benzene rings is 1. The number of ketones is 2. The summed E-state index contributed by atoms with van der Waals surface area (Å²) in [5.74, 6) is -2.81. The third kappa shape index (κ3) is 12.6. The fraction of sp³-hybridized carbons (Fsp3) is 0.698. The van der Waals surface area contributed by atoms with E-state index >= 15 is 0 Å². The Morgan fingerprint density at radius 2 is 1.67 bits per heavy atom. The standard InChI is InChI=1S/C43H69N3O8/c1-13-23-54-42(51)32(24-31-19-16-15-17-20-31)25-35(47)30(6)40(53-12)34-21-18-22-46(34)38(49)27-36(52-11)39(29(5)14-2)45(10)41(50)33(28(3)4)26-37(48)43(7,8)44-9/h13,15-17,19-20,28-30,32-34,36,39-40,44H,1,14,18,21-27H2,2-12H3. The zero-order valence-electron chi connectivity index (χ0n) is 34.9. The maximum absolute atomic E-state index is 14.2. The molecule has 54 heavy (non-hydrogen) atoms. The number of esters is 1. The van der Waals surface area contributed by atoms with E-state index in [4.69, 9.17) is 14.2 Å². The highest BCUT2D eigenvalue weighted by Gasteiger charge is 2.43. The molecule has 2 rings (SSSR count). The van der Waals surface area contributed by atoms with E-state index in [0.717, 1.165) is 18.4 Å². The number of hydrogen-bond acceptors (Lipinski definition) is 9. The molecule has 0 spiro atoms.